The van der Waals surface area contributed by atoms with Crippen molar-refractivity contribution in [3.05, 3.63) is 28.8 Å². The maximum atomic E-state index is 5.96. The summed E-state index contributed by atoms with van der Waals surface area (Å²) in [6.07, 6.45) is 1.94. The minimum atomic E-state index is 0.668. The lowest BCUT2D eigenvalue weighted by Crippen LogP contribution is -1.98. The normalized spacial score (nSPS) is 10.2. The quantitative estimate of drug-likeness (QED) is 0.550. The van der Waals surface area contributed by atoms with Gasteiger partial charge in [0.1, 0.15) is 5.75 Å². The topological polar surface area (TPSA) is 9.23 Å². The fourth-order valence-corrected chi connectivity index (χ4v) is 1.46. The van der Waals surface area contributed by atoms with Crippen LogP contribution in [0.5, 0.6) is 5.75 Å². The Bertz CT molecular complexity index is 287. The van der Waals surface area contributed by atoms with E-state index < -0.39 is 0 Å². The minimum Gasteiger partial charge on any atom is -0.492 e. The molecular formula is C11H14Cl2O. The van der Waals surface area contributed by atoms with E-state index in [1.165, 1.54) is 0 Å². The van der Waals surface area contributed by atoms with Crippen LogP contribution in [0.2, 0.25) is 5.02 Å². The van der Waals surface area contributed by atoms with E-state index in [1.807, 2.05) is 25.1 Å². The van der Waals surface area contributed by atoms with Gasteiger partial charge in [-0.25, -0.2) is 0 Å². The van der Waals surface area contributed by atoms with Gasteiger partial charge in [-0.3, -0.25) is 0 Å². The number of ether oxygens (including phenoxy) is 1. The van der Waals surface area contributed by atoms with Crippen LogP contribution in [0.4, 0.5) is 0 Å². The third-order valence-electron chi connectivity index (χ3n) is 1.87. The highest BCUT2D eigenvalue weighted by molar-refractivity contribution is 6.32. The van der Waals surface area contributed by atoms with Gasteiger partial charge in [0, 0.05) is 5.88 Å². The van der Waals surface area contributed by atoms with Crippen molar-refractivity contribution in [1.82, 2.24) is 0 Å². The predicted molar refractivity (Wildman–Crippen MR) is 61.6 cm³/mol. The summed E-state index contributed by atoms with van der Waals surface area (Å²) >= 11 is 11.5. The third-order valence-corrected chi connectivity index (χ3v) is 2.45. The van der Waals surface area contributed by atoms with Gasteiger partial charge < -0.3 is 4.74 Å². The lowest BCUT2D eigenvalue weighted by molar-refractivity contribution is 0.309. The Morgan fingerprint density at radius 3 is 2.79 bits per heavy atom. The van der Waals surface area contributed by atoms with Crippen molar-refractivity contribution >= 4 is 23.2 Å². The van der Waals surface area contributed by atoms with Gasteiger partial charge in [-0.1, -0.05) is 17.7 Å². The van der Waals surface area contributed by atoms with Gasteiger partial charge in [0.25, 0.3) is 0 Å². The molecule has 0 aliphatic carbocycles. The number of halogens is 2. The van der Waals surface area contributed by atoms with E-state index in [-0.39, 0.29) is 0 Å². The molecule has 0 heterocycles. The molecule has 1 nitrogen and oxygen atoms in total. The second-order valence-electron chi connectivity index (χ2n) is 3.18. The molecule has 0 spiro atoms. The molecule has 0 amide bonds. The van der Waals surface area contributed by atoms with Gasteiger partial charge >= 0.3 is 0 Å². The zero-order valence-corrected chi connectivity index (χ0v) is 9.74. The highest BCUT2D eigenvalue weighted by atomic mass is 35.5. The SMILES string of the molecule is Cc1ccc(Cl)c(OCCCCCl)c1. The van der Waals surface area contributed by atoms with Crippen LogP contribution in [0.25, 0.3) is 0 Å². The van der Waals surface area contributed by atoms with Crippen molar-refractivity contribution in [2.75, 3.05) is 12.5 Å². The van der Waals surface area contributed by atoms with Gasteiger partial charge in [-0.15, -0.1) is 11.6 Å². The molecule has 0 radical (unpaired) electrons. The summed E-state index contributed by atoms with van der Waals surface area (Å²) in [5, 5.41) is 0.668. The Hall–Kier alpha value is -0.400. The number of hydrogen-bond donors (Lipinski definition) is 0. The molecule has 0 atom stereocenters. The molecule has 0 saturated heterocycles. The van der Waals surface area contributed by atoms with Crippen molar-refractivity contribution in [1.29, 1.82) is 0 Å². The summed E-state index contributed by atoms with van der Waals surface area (Å²) in [6.45, 7) is 2.69. The lowest BCUT2D eigenvalue weighted by Gasteiger charge is -2.07. The summed E-state index contributed by atoms with van der Waals surface area (Å²) in [6, 6.07) is 5.77. The Morgan fingerprint density at radius 2 is 2.07 bits per heavy atom. The maximum absolute atomic E-state index is 5.96. The van der Waals surface area contributed by atoms with Gasteiger partial charge in [-0.2, -0.15) is 0 Å². The summed E-state index contributed by atoms with van der Waals surface area (Å²) in [7, 11) is 0. The van der Waals surface area contributed by atoms with E-state index in [0.717, 1.165) is 24.2 Å². The highest BCUT2D eigenvalue weighted by Crippen LogP contribution is 2.25. The van der Waals surface area contributed by atoms with Crippen LogP contribution in [0, 0.1) is 6.92 Å². The molecule has 14 heavy (non-hydrogen) atoms. The van der Waals surface area contributed by atoms with Crippen molar-refractivity contribution in [2.45, 2.75) is 19.8 Å². The number of alkyl halides is 1. The molecular weight excluding hydrogens is 219 g/mol. The number of hydrogen-bond acceptors (Lipinski definition) is 1. The van der Waals surface area contributed by atoms with Crippen LogP contribution in [-0.2, 0) is 0 Å². The zero-order valence-electron chi connectivity index (χ0n) is 8.22. The fraction of sp³-hybridized carbons (Fsp3) is 0.455. The Balaban J connectivity index is 2.45. The van der Waals surface area contributed by atoms with Gasteiger partial charge in [0.05, 0.1) is 11.6 Å². The summed E-state index contributed by atoms with van der Waals surface area (Å²) in [5.74, 6) is 1.45. The maximum Gasteiger partial charge on any atom is 0.138 e. The van der Waals surface area contributed by atoms with E-state index in [1.54, 1.807) is 0 Å². The smallest absolute Gasteiger partial charge is 0.138 e. The summed E-state index contributed by atoms with van der Waals surface area (Å²) in [4.78, 5) is 0. The van der Waals surface area contributed by atoms with Crippen molar-refractivity contribution in [3.8, 4) is 5.75 Å². The van der Waals surface area contributed by atoms with Crippen LogP contribution in [0.3, 0.4) is 0 Å². The average Bonchev–Trinajstić information content (AvgIpc) is 2.18. The van der Waals surface area contributed by atoms with Crippen LogP contribution < -0.4 is 4.74 Å². The van der Waals surface area contributed by atoms with Gasteiger partial charge in [0.2, 0.25) is 0 Å². The fourth-order valence-electron chi connectivity index (χ4n) is 1.10. The molecule has 0 N–H and O–H groups in total. The molecule has 1 rings (SSSR count). The zero-order chi connectivity index (χ0) is 10.4. The standard InChI is InChI=1S/C11H14Cl2O/c1-9-4-5-10(13)11(8-9)14-7-3-2-6-12/h4-5,8H,2-3,6-7H2,1H3. The Labute approximate surface area is 95.0 Å². The van der Waals surface area contributed by atoms with Crippen LogP contribution >= 0.6 is 23.2 Å². The first-order valence-electron chi connectivity index (χ1n) is 4.69. The number of aryl methyl sites for hydroxylation is 1. The average molecular weight is 233 g/mol. The predicted octanol–water partition coefficient (Wildman–Crippen LogP) is 4.05. The molecule has 0 unspecified atom stereocenters. The van der Waals surface area contributed by atoms with E-state index in [0.29, 0.717) is 17.5 Å². The summed E-state index contributed by atoms with van der Waals surface area (Å²) < 4.78 is 5.53. The second-order valence-corrected chi connectivity index (χ2v) is 3.96. The molecule has 78 valence electrons. The van der Waals surface area contributed by atoms with Crippen LogP contribution in [0.15, 0.2) is 18.2 Å². The molecule has 0 fully saturated rings. The Kier molecular flexibility index (Phi) is 5.13. The molecule has 3 heteroatoms. The molecule has 1 aromatic rings. The van der Waals surface area contributed by atoms with Gasteiger partial charge in [-0.05, 0) is 37.5 Å². The van der Waals surface area contributed by atoms with E-state index in [4.69, 9.17) is 27.9 Å². The lowest BCUT2D eigenvalue weighted by atomic mass is 10.2. The van der Waals surface area contributed by atoms with Gasteiger partial charge in [0.15, 0.2) is 0 Å². The highest BCUT2D eigenvalue weighted by Gasteiger charge is 2.00. The third kappa shape index (κ3) is 3.77. The largest absolute Gasteiger partial charge is 0.492 e. The van der Waals surface area contributed by atoms with E-state index >= 15 is 0 Å². The van der Waals surface area contributed by atoms with Crippen LogP contribution in [-0.4, -0.2) is 12.5 Å². The molecule has 1 aromatic carbocycles. The molecule has 0 bridgehead atoms. The number of rotatable bonds is 5. The van der Waals surface area contributed by atoms with Crippen molar-refractivity contribution < 1.29 is 4.74 Å². The molecule has 0 aromatic heterocycles. The first-order chi connectivity index (χ1) is 6.74. The minimum absolute atomic E-state index is 0.668. The van der Waals surface area contributed by atoms with Crippen molar-refractivity contribution in [3.63, 3.8) is 0 Å². The monoisotopic (exact) mass is 232 g/mol. The second kappa shape index (κ2) is 6.15. The Morgan fingerprint density at radius 1 is 1.29 bits per heavy atom. The number of unbranched alkanes of at least 4 members (excludes halogenated alkanes) is 1. The van der Waals surface area contributed by atoms with E-state index in [2.05, 4.69) is 0 Å². The molecule has 0 aliphatic rings. The molecule has 0 saturated carbocycles. The summed E-state index contributed by atoms with van der Waals surface area (Å²) in [5.41, 5.74) is 1.15. The first-order valence-corrected chi connectivity index (χ1v) is 5.60. The first kappa shape index (κ1) is 11.7. The van der Waals surface area contributed by atoms with Crippen LogP contribution in [0.1, 0.15) is 18.4 Å². The van der Waals surface area contributed by atoms with Crippen molar-refractivity contribution in [2.24, 2.45) is 0 Å². The van der Waals surface area contributed by atoms with E-state index in [9.17, 15) is 0 Å². The number of benzene rings is 1. The molecule has 0 aliphatic heterocycles.